The van der Waals surface area contributed by atoms with Crippen molar-refractivity contribution in [3.05, 3.63) is 35.4 Å². The van der Waals surface area contributed by atoms with E-state index in [1.807, 2.05) is 13.8 Å². The van der Waals surface area contributed by atoms with Gasteiger partial charge in [-0.15, -0.1) is 0 Å². The number of carbonyl (C=O) groups is 1. The molecule has 1 aromatic carbocycles. The van der Waals surface area contributed by atoms with Crippen LogP contribution in [0.3, 0.4) is 0 Å². The Balaban J connectivity index is 1.71. The van der Waals surface area contributed by atoms with Crippen LogP contribution < -0.4 is 10.6 Å². The van der Waals surface area contributed by atoms with Crippen molar-refractivity contribution in [1.29, 1.82) is 0 Å². The molecule has 1 saturated heterocycles. The minimum atomic E-state index is -4.32. The van der Waals surface area contributed by atoms with E-state index in [4.69, 9.17) is 4.74 Å². The second-order valence-electron chi connectivity index (χ2n) is 6.25. The average molecular weight is 360 g/mol. The van der Waals surface area contributed by atoms with Crippen LogP contribution in [0.15, 0.2) is 24.3 Å². The Kier molecular flexibility index (Phi) is 6.66. The highest BCUT2D eigenvalue weighted by Gasteiger charge is 2.30. The molecule has 3 unspecified atom stereocenters. The van der Waals surface area contributed by atoms with Crippen molar-refractivity contribution in [2.45, 2.75) is 57.8 Å². The first kappa shape index (κ1) is 19.5. The van der Waals surface area contributed by atoms with E-state index < -0.39 is 12.8 Å². The first-order valence-electron chi connectivity index (χ1n) is 8.15. The number of alkyl halides is 3. The van der Waals surface area contributed by atoms with Crippen LogP contribution in [0.1, 0.15) is 31.4 Å². The van der Waals surface area contributed by atoms with Crippen LogP contribution in [0.4, 0.5) is 18.0 Å². The predicted molar refractivity (Wildman–Crippen MR) is 85.9 cm³/mol. The van der Waals surface area contributed by atoms with Gasteiger partial charge in [-0.25, -0.2) is 4.79 Å². The SMILES string of the molecule is CC1CC(NC(=O)NCc2ccc(COCC(F)(F)F)cc2)C(C)O1. The summed E-state index contributed by atoms with van der Waals surface area (Å²) in [6.07, 6.45) is -3.43. The molecule has 5 nitrogen and oxygen atoms in total. The number of benzene rings is 1. The Morgan fingerprint density at radius 3 is 2.44 bits per heavy atom. The fourth-order valence-electron chi connectivity index (χ4n) is 2.68. The van der Waals surface area contributed by atoms with E-state index in [0.29, 0.717) is 12.1 Å². The van der Waals surface area contributed by atoms with E-state index >= 15 is 0 Å². The zero-order valence-electron chi connectivity index (χ0n) is 14.2. The number of ether oxygens (including phenoxy) is 2. The Morgan fingerprint density at radius 1 is 1.24 bits per heavy atom. The van der Waals surface area contributed by atoms with Crippen LogP contribution in [0, 0.1) is 0 Å². The third-order valence-electron chi connectivity index (χ3n) is 3.93. The van der Waals surface area contributed by atoms with E-state index in [2.05, 4.69) is 15.4 Å². The molecule has 0 saturated carbocycles. The van der Waals surface area contributed by atoms with Gasteiger partial charge in [0, 0.05) is 6.54 Å². The van der Waals surface area contributed by atoms with Gasteiger partial charge in [-0.2, -0.15) is 13.2 Å². The molecule has 1 heterocycles. The summed E-state index contributed by atoms with van der Waals surface area (Å²) in [5.41, 5.74) is 1.49. The highest BCUT2D eigenvalue weighted by Crippen LogP contribution is 2.19. The summed E-state index contributed by atoms with van der Waals surface area (Å²) in [5, 5.41) is 5.64. The number of nitrogens with one attached hydrogen (secondary N) is 2. The Hall–Kier alpha value is -1.80. The normalized spacial score (nSPS) is 23.5. The Bertz CT molecular complexity index is 563. The molecule has 0 aromatic heterocycles. The number of urea groups is 1. The van der Waals surface area contributed by atoms with Crippen LogP contribution in [0.5, 0.6) is 0 Å². The first-order valence-corrected chi connectivity index (χ1v) is 8.15. The van der Waals surface area contributed by atoms with Crippen molar-refractivity contribution < 1.29 is 27.4 Å². The number of hydrogen-bond acceptors (Lipinski definition) is 3. The lowest BCUT2D eigenvalue weighted by Gasteiger charge is -2.16. The van der Waals surface area contributed by atoms with Gasteiger partial charge in [0.25, 0.3) is 0 Å². The third-order valence-corrected chi connectivity index (χ3v) is 3.93. The summed E-state index contributed by atoms with van der Waals surface area (Å²) in [6.45, 7) is 2.85. The maximum absolute atomic E-state index is 12.0. The minimum Gasteiger partial charge on any atom is -0.373 e. The van der Waals surface area contributed by atoms with Crippen LogP contribution in [0.2, 0.25) is 0 Å². The molecule has 3 atom stereocenters. The van der Waals surface area contributed by atoms with Crippen molar-refractivity contribution in [2.24, 2.45) is 0 Å². The smallest absolute Gasteiger partial charge is 0.373 e. The molecule has 140 valence electrons. The van der Waals surface area contributed by atoms with Gasteiger partial charge in [-0.05, 0) is 31.4 Å². The zero-order chi connectivity index (χ0) is 18.4. The van der Waals surface area contributed by atoms with Gasteiger partial charge in [0.1, 0.15) is 6.61 Å². The van der Waals surface area contributed by atoms with Crippen LogP contribution in [-0.4, -0.2) is 37.1 Å². The molecule has 2 rings (SSSR count). The summed E-state index contributed by atoms with van der Waals surface area (Å²) in [6, 6.07) is 6.57. The maximum Gasteiger partial charge on any atom is 0.411 e. The van der Waals surface area contributed by atoms with Crippen molar-refractivity contribution in [3.63, 3.8) is 0 Å². The summed E-state index contributed by atoms with van der Waals surface area (Å²) in [4.78, 5) is 11.9. The van der Waals surface area contributed by atoms with Gasteiger partial charge in [-0.3, -0.25) is 0 Å². The molecule has 25 heavy (non-hydrogen) atoms. The lowest BCUT2D eigenvalue weighted by atomic mass is 10.1. The quantitative estimate of drug-likeness (QED) is 0.819. The van der Waals surface area contributed by atoms with Gasteiger partial charge in [0.15, 0.2) is 0 Å². The van der Waals surface area contributed by atoms with E-state index in [9.17, 15) is 18.0 Å². The Morgan fingerprint density at radius 2 is 1.88 bits per heavy atom. The Labute approximate surface area is 144 Å². The molecular formula is C17H23F3N2O3. The van der Waals surface area contributed by atoms with Gasteiger partial charge in [-0.1, -0.05) is 24.3 Å². The molecule has 1 aliphatic heterocycles. The monoisotopic (exact) mass is 360 g/mol. The summed E-state index contributed by atoms with van der Waals surface area (Å²) >= 11 is 0. The number of halogens is 3. The first-order chi connectivity index (χ1) is 11.7. The zero-order valence-corrected chi connectivity index (χ0v) is 14.2. The van der Waals surface area contributed by atoms with Gasteiger partial charge in [0.05, 0.1) is 24.9 Å². The third kappa shape index (κ3) is 6.91. The summed E-state index contributed by atoms with van der Waals surface area (Å²) in [7, 11) is 0. The molecule has 2 N–H and O–H groups in total. The molecule has 8 heteroatoms. The fourth-order valence-corrected chi connectivity index (χ4v) is 2.68. The van der Waals surface area contributed by atoms with Crippen LogP contribution >= 0.6 is 0 Å². The van der Waals surface area contributed by atoms with Crippen molar-refractivity contribution >= 4 is 6.03 Å². The van der Waals surface area contributed by atoms with E-state index in [-0.39, 0.29) is 30.9 Å². The second-order valence-corrected chi connectivity index (χ2v) is 6.25. The van der Waals surface area contributed by atoms with Crippen molar-refractivity contribution in [2.75, 3.05) is 6.61 Å². The average Bonchev–Trinajstić information content (AvgIpc) is 2.83. The number of amides is 2. The summed E-state index contributed by atoms with van der Waals surface area (Å²) < 4.78 is 46.2. The number of carbonyl (C=O) groups excluding carboxylic acids is 1. The number of rotatable bonds is 6. The molecule has 0 radical (unpaired) electrons. The fraction of sp³-hybridized carbons (Fsp3) is 0.588. The molecule has 0 spiro atoms. The van der Waals surface area contributed by atoms with E-state index in [0.717, 1.165) is 12.0 Å². The highest BCUT2D eigenvalue weighted by atomic mass is 19.4. The van der Waals surface area contributed by atoms with Gasteiger partial charge < -0.3 is 20.1 Å². The molecular weight excluding hydrogens is 337 g/mol. The lowest BCUT2D eigenvalue weighted by Crippen LogP contribution is -2.44. The largest absolute Gasteiger partial charge is 0.411 e. The topological polar surface area (TPSA) is 59.6 Å². The standard InChI is InChI=1S/C17H23F3N2O3/c1-11-7-15(12(2)25-11)22-16(23)21-8-13-3-5-14(6-4-13)9-24-10-17(18,19)20/h3-6,11-12,15H,7-10H2,1-2H3,(H2,21,22,23). The van der Waals surface area contributed by atoms with E-state index in [1.54, 1.807) is 24.3 Å². The molecule has 0 bridgehead atoms. The minimum absolute atomic E-state index is 0.0110. The van der Waals surface area contributed by atoms with Crippen LogP contribution in [0.25, 0.3) is 0 Å². The van der Waals surface area contributed by atoms with Crippen molar-refractivity contribution in [1.82, 2.24) is 10.6 Å². The van der Waals surface area contributed by atoms with Crippen LogP contribution in [-0.2, 0) is 22.6 Å². The molecule has 2 amide bonds. The highest BCUT2D eigenvalue weighted by molar-refractivity contribution is 5.74. The molecule has 1 aromatic rings. The molecule has 1 fully saturated rings. The molecule has 1 aliphatic rings. The molecule has 0 aliphatic carbocycles. The van der Waals surface area contributed by atoms with Gasteiger partial charge in [0.2, 0.25) is 0 Å². The number of hydrogen-bond donors (Lipinski definition) is 2. The maximum atomic E-state index is 12.0. The van der Waals surface area contributed by atoms with E-state index in [1.165, 1.54) is 0 Å². The lowest BCUT2D eigenvalue weighted by molar-refractivity contribution is -0.176. The van der Waals surface area contributed by atoms with Crippen molar-refractivity contribution in [3.8, 4) is 0 Å². The predicted octanol–water partition coefficient (Wildman–Crippen LogP) is 3.13. The summed E-state index contributed by atoms with van der Waals surface area (Å²) in [5.74, 6) is 0. The van der Waals surface area contributed by atoms with Gasteiger partial charge >= 0.3 is 12.2 Å². The second kappa shape index (κ2) is 8.53.